The lowest BCUT2D eigenvalue weighted by molar-refractivity contribution is -0.132. The summed E-state index contributed by atoms with van der Waals surface area (Å²) in [7, 11) is 0. The fourth-order valence-electron chi connectivity index (χ4n) is 2.52. The lowest BCUT2D eigenvalue weighted by atomic mass is 10.1. The van der Waals surface area contributed by atoms with Crippen LogP contribution in [0.1, 0.15) is 12.0 Å². The standard InChI is InChI=1S/C16H23N3O/c1-3-5-15(17)16(20)19-10-8-18(9-11-19)14-7-4-6-13(2)12-14/h3-4,6-7,12,15H,1,5,8-11,17H2,2H3. The third-order valence-corrected chi connectivity index (χ3v) is 3.70. The number of nitrogens with zero attached hydrogens (tertiary/aromatic N) is 2. The minimum atomic E-state index is -0.446. The lowest BCUT2D eigenvalue weighted by Gasteiger charge is -2.37. The van der Waals surface area contributed by atoms with E-state index in [1.54, 1.807) is 6.08 Å². The summed E-state index contributed by atoms with van der Waals surface area (Å²) >= 11 is 0. The average molecular weight is 273 g/mol. The van der Waals surface area contributed by atoms with E-state index >= 15 is 0 Å². The Bertz CT molecular complexity index is 478. The van der Waals surface area contributed by atoms with Gasteiger partial charge in [0.25, 0.3) is 0 Å². The maximum atomic E-state index is 12.1. The first-order valence-corrected chi connectivity index (χ1v) is 7.08. The van der Waals surface area contributed by atoms with E-state index < -0.39 is 6.04 Å². The average Bonchev–Trinajstić information content (AvgIpc) is 2.47. The summed E-state index contributed by atoms with van der Waals surface area (Å²) < 4.78 is 0. The number of piperazine rings is 1. The third-order valence-electron chi connectivity index (χ3n) is 3.70. The Morgan fingerprint density at radius 3 is 2.70 bits per heavy atom. The van der Waals surface area contributed by atoms with Crippen molar-refractivity contribution in [3.05, 3.63) is 42.5 Å². The second-order valence-corrected chi connectivity index (χ2v) is 5.28. The summed E-state index contributed by atoms with van der Waals surface area (Å²) in [4.78, 5) is 16.3. The van der Waals surface area contributed by atoms with Gasteiger partial charge in [0.05, 0.1) is 6.04 Å². The van der Waals surface area contributed by atoms with Crippen LogP contribution in [0.4, 0.5) is 5.69 Å². The van der Waals surface area contributed by atoms with Crippen LogP contribution < -0.4 is 10.6 Å². The number of aryl methyl sites for hydroxylation is 1. The quantitative estimate of drug-likeness (QED) is 0.847. The molecule has 1 heterocycles. The molecule has 4 heteroatoms. The van der Waals surface area contributed by atoms with Crippen molar-refractivity contribution in [2.75, 3.05) is 31.1 Å². The molecule has 0 aromatic heterocycles. The van der Waals surface area contributed by atoms with Crippen LogP contribution >= 0.6 is 0 Å². The molecule has 20 heavy (non-hydrogen) atoms. The topological polar surface area (TPSA) is 49.6 Å². The summed E-state index contributed by atoms with van der Waals surface area (Å²) in [5.41, 5.74) is 8.34. The minimum absolute atomic E-state index is 0.0359. The number of amides is 1. The summed E-state index contributed by atoms with van der Waals surface area (Å²) in [5.74, 6) is 0.0359. The molecule has 1 amide bonds. The van der Waals surface area contributed by atoms with Crippen LogP contribution in [0, 0.1) is 6.92 Å². The van der Waals surface area contributed by atoms with E-state index in [0.29, 0.717) is 6.42 Å². The molecule has 1 fully saturated rings. The van der Waals surface area contributed by atoms with E-state index in [9.17, 15) is 4.79 Å². The highest BCUT2D eigenvalue weighted by molar-refractivity contribution is 5.82. The van der Waals surface area contributed by atoms with Crippen molar-refractivity contribution in [1.29, 1.82) is 0 Å². The molecule has 108 valence electrons. The Morgan fingerprint density at radius 1 is 1.40 bits per heavy atom. The molecule has 1 aliphatic heterocycles. The van der Waals surface area contributed by atoms with Crippen molar-refractivity contribution in [3.63, 3.8) is 0 Å². The van der Waals surface area contributed by atoms with Crippen molar-refractivity contribution in [1.82, 2.24) is 4.90 Å². The Hall–Kier alpha value is -1.81. The number of anilines is 1. The van der Waals surface area contributed by atoms with Gasteiger partial charge in [-0.25, -0.2) is 0 Å². The third kappa shape index (κ3) is 3.39. The number of hydrogen-bond acceptors (Lipinski definition) is 3. The molecule has 1 aliphatic rings. The molecular formula is C16H23N3O. The van der Waals surface area contributed by atoms with E-state index in [0.717, 1.165) is 26.2 Å². The van der Waals surface area contributed by atoms with Crippen LogP contribution in [-0.4, -0.2) is 43.0 Å². The van der Waals surface area contributed by atoms with E-state index in [-0.39, 0.29) is 5.91 Å². The second-order valence-electron chi connectivity index (χ2n) is 5.28. The number of nitrogens with two attached hydrogens (primary N) is 1. The van der Waals surface area contributed by atoms with Gasteiger partial charge in [-0.2, -0.15) is 0 Å². The van der Waals surface area contributed by atoms with Gasteiger partial charge < -0.3 is 15.5 Å². The summed E-state index contributed by atoms with van der Waals surface area (Å²) in [5, 5.41) is 0. The molecule has 1 aromatic carbocycles. The van der Waals surface area contributed by atoms with Crippen LogP contribution in [0.3, 0.4) is 0 Å². The summed E-state index contributed by atoms with van der Waals surface area (Å²) in [6, 6.07) is 8.02. The van der Waals surface area contributed by atoms with Crippen LogP contribution in [0.2, 0.25) is 0 Å². The Balaban J connectivity index is 1.92. The SMILES string of the molecule is C=CCC(N)C(=O)N1CCN(c2cccc(C)c2)CC1. The molecule has 0 aliphatic carbocycles. The van der Waals surface area contributed by atoms with Crippen LogP contribution in [0.25, 0.3) is 0 Å². The van der Waals surface area contributed by atoms with Crippen molar-refractivity contribution >= 4 is 11.6 Å². The highest BCUT2D eigenvalue weighted by Crippen LogP contribution is 2.18. The Kier molecular flexibility index (Phi) is 4.79. The molecule has 0 spiro atoms. The Morgan fingerprint density at radius 2 is 2.10 bits per heavy atom. The van der Waals surface area contributed by atoms with Crippen molar-refractivity contribution < 1.29 is 4.79 Å². The highest BCUT2D eigenvalue weighted by atomic mass is 16.2. The molecule has 2 rings (SSSR count). The first-order chi connectivity index (χ1) is 9.61. The lowest BCUT2D eigenvalue weighted by Crippen LogP contribution is -2.53. The predicted molar refractivity (Wildman–Crippen MR) is 82.8 cm³/mol. The molecule has 4 nitrogen and oxygen atoms in total. The zero-order valence-corrected chi connectivity index (χ0v) is 12.1. The summed E-state index contributed by atoms with van der Waals surface area (Å²) in [6.45, 7) is 8.91. The van der Waals surface area contributed by atoms with Gasteiger partial charge >= 0.3 is 0 Å². The minimum Gasteiger partial charge on any atom is -0.368 e. The van der Waals surface area contributed by atoms with Gasteiger partial charge in [0, 0.05) is 31.9 Å². The molecule has 1 atom stereocenters. The largest absolute Gasteiger partial charge is 0.368 e. The maximum absolute atomic E-state index is 12.1. The first-order valence-electron chi connectivity index (χ1n) is 7.08. The van der Waals surface area contributed by atoms with E-state index in [1.807, 2.05) is 4.90 Å². The van der Waals surface area contributed by atoms with E-state index in [4.69, 9.17) is 5.73 Å². The van der Waals surface area contributed by atoms with Crippen LogP contribution in [-0.2, 0) is 4.79 Å². The Labute approximate surface area is 120 Å². The van der Waals surface area contributed by atoms with Crippen molar-refractivity contribution in [2.45, 2.75) is 19.4 Å². The molecule has 1 unspecified atom stereocenters. The summed E-state index contributed by atoms with van der Waals surface area (Å²) in [6.07, 6.45) is 2.24. The molecule has 1 saturated heterocycles. The molecular weight excluding hydrogens is 250 g/mol. The highest BCUT2D eigenvalue weighted by Gasteiger charge is 2.24. The number of benzene rings is 1. The normalized spacial score (nSPS) is 16.9. The molecule has 0 bridgehead atoms. The van der Waals surface area contributed by atoms with Gasteiger partial charge in [-0.1, -0.05) is 18.2 Å². The number of carbonyl (C=O) groups excluding carboxylic acids is 1. The van der Waals surface area contributed by atoms with E-state index in [1.165, 1.54) is 11.3 Å². The van der Waals surface area contributed by atoms with E-state index in [2.05, 4.69) is 42.7 Å². The number of rotatable bonds is 4. The molecule has 0 radical (unpaired) electrons. The fourth-order valence-corrected chi connectivity index (χ4v) is 2.52. The van der Waals surface area contributed by atoms with Crippen LogP contribution in [0.5, 0.6) is 0 Å². The van der Waals surface area contributed by atoms with Crippen LogP contribution in [0.15, 0.2) is 36.9 Å². The van der Waals surface area contributed by atoms with Crippen molar-refractivity contribution in [2.24, 2.45) is 5.73 Å². The number of carbonyl (C=O) groups is 1. The predicted octanol–water partition coefficient (Wildman–Crippen LogP) is 1.55. The number of hydrogen-bond donors (Lipinski definition) is 1. The van der Waals surface area contributed by atoms with Gasteiger partial charge in [-0.15, -0.1) is 6.58 Å². The molecule has 1 aromatic rings. The van der Waals surface area contributed by atoms with Gasteiger partial charge in [0.1, 0.15) is 0 Å². The second kappa shape index (κ2) is 6.57. The van der Waals surface area contributed by atoms with Gasteiger partial charge in [-0.05, 0) is 31.0 Å². The van der Waals surface area contributed by atoms with Gasteiger partial charge in [-0.3, -0.25) is 4.79 Å². The molecule has 2 N–H and O–H groups in total. The zero-order chi connectivity index (χ0) is 14.5. The monoisotopic (exact) mass is 273 g/mol. The molecule has 0 saturated carbocycles. The van der Waals surface area contributed by atoms with Gasteiger partial charge in [0.2, 0.25) is 5.91 Å². The van der Waals surface area contributed by atoms with Crippen molar-refractivity contribution in [3.8, 4) is 0 Å². The maximum Gasteiger partial charge on any atom is 0.239 e. The fraction of sp³-hybridized carbons (Fsp3) is 0.438. The zero-order valence-electron chi connectivity index (χ0n) is 12.1. The first kappa shape index (κ1) is 14.6. The van der Waals surface area contributed by atoms with Gasteiger partial charge in [0.15, 0.2) is 0 Å². The smallest absolute Gasteiger partial charge is 0.239 e.